The SMILES string of the molecule is C/C=C/COCc1ccc(C(C)CN)cc1. The van der Waals surface area contributed by atoms with E-state index < -0.39 is 0 Å². The van der Waals surface area contributed by atoms with Crippen molar-refractivity contribution < 1.29 is 4.74 Å². The molecule has 1 aromatic rings. The Kier molecular flexibility index (Phi) is 5.83. The zero-order valence-corrected chi connectivity index (χ0v) is 10.1. The molecule has 0 fully saturated rings. The molecule has 0 heterocycles. The molecule has 0 saturated carbocycles. The first kappa shape index (κ1) is 12.9. The van der Waals surface area contributed by atoms with Gasteiger partial charge in [0.1, 0.15) is 0 Å². The number of rotatable bonds is 6. The van der Waals surface area contributed by atoms with E-state index in [2.05, 4.69) is 31.2 Å². The molecular weight excluding hydrogens is 198 g/mol. The molecule has 1 aromatic carbocycles. The minimum absolute atomic E-state index is 0.429. The summed E-state index contributed by atoms with van der Waals surface area (Å²) in [7, 11) is 0. The summed E-state index contributed by atoms with van der Waals surface area (Å²) in [6.45, 7) is 6.17. The monoisotopic (exact) mass is 219 g/mol. The van der Waals surface area contributed by atoms with Crippen LogP contribution in [0.5, 0.6) is 0 Å². The number of ether oxygens (including phenoxy) is 1. The summed E-state index contributed by atoms with van der Waals surface area (Å²) in [6.07, 6.45) is 4.00. The highest BCUT2D eigenvalue weighted by molar-refractivity contribution is 5.24. The van der Waals surface area contributed by atoms with Crippen LogP contribution >= 0.6 is 0 Å². The molecule has 0 radical (unpaired) electrons. The van der Waals surface area contributed by atoms with Gasteiger partial charge in [0.25, 0.3) is 0 Å². The van der Waals surface area contributed by atoms with E-state index in [1.807, 2.05) is 19.1 Å². The molecule has 1 atom stereocenters. The maximum atomic E-state index is 5.62. The van der Waals surface area contributed by atoms with Gasteiger partial charge in [0.05, 0.1) is 13.2 Å². The average molecular weight is 219 g/mol. The first-order valence-electron chi connectivity index (χ1n) is 5.75. The van der Waals surface area contributed by atoms with Gasteiger partial charge in [0.2, 0.25) is 0 Å². The van der Waals surface area contributed by atoms with Crippen LogP contribution in [-0.4, -0.2) is 13.2 Å². The minimum atomic E-state index is 0.429. The van der Waals surface area contributed by atoms with E-state index in [9.17, 15) is 0 Å². The van der Waals surface area contributed by atoms with Crippen molar-refractivity contribution in [2.75, 3.05) is 13.2 Å². The molecule has 16 heavy (non-hydrogen) atoms. The van der Waals surface area contributed by atoms with E-state index in [4.69, 9.17) is 10.5 Å². The molecule has 0 aliphatic carbocycles. The Labute approximate surface area is 98.1 Å². The summed E-state index contributed by atoms with van der Waals surface area (Å²) < 4.78 is 5.48. The van der Waals surface area contributed by atoms with Crippen LogP contribution in [0.25, 0.3) is 0 Å². The second-order valence-electron chi connectivity index (χ2n) is 3.96. The lowest BCUT2D eigenvalue weighted by Crippen LogP contribution is -2.08. The third-order valence-corrected chi connectivity index (χ3v) is 2.62. The lowest BCUT2D eigenvalue weighted by atomic mass is 10.0. The molecule has 0 aliphatic rings. The predicted molar refractivity (Wildman–Crippen MR) is 68.4 cm³/mol. The average Bonchev–Trinajstić information content (AvgIpc) is 2.34. The van der Waals surface area contributed by atoms with Gasteiger partial charge in [-0.15, -0.1) is 0 Å². The van der Waals surface area contributed by atoms with E-state index in [1.165, 1.54) is 11.1 Å². The lowest BCUT2D eigenvalue weighted by Gasteiger charge is -2.09. The molecule has 0 spiro atoms. The number of nitrogens with two attached hydrogens (primary N) is 1. The Bertz CT molecular complexity index is 316. The van der Waals surface area contributed by atoms with Crippen LogP contribution in [0.3, 0.4) is 0 Å². The van der Waals surface area contributed by atoms with Crippen molar-refractivity contribution in [2.24, 2.45) is 5.73 Å². The van der Waals surface area contributed by atoms with Crippen LogP contribution in [0.15, 0.2) is 36.4 Å². The number of hydrogen-bond donors (Lipinski definition) is 1. The van der Waals surface area contributed by atoms with Crippen LogP contribution in [0, 0.1) is 0 Å². The largest absolute Gasteiger partial charge is 0.373 e. The van der Waals surface area contributed by atoms with Crippen molar-refractivity contribution in [2.45, 2.75) is 26.4 Å². The zero-order valence-electron chi connectivity index (χ0n) is 10.1. The van der Waals surface area contributed by atoms with E-state index in [1.54, 1.807) is 0 Å². The minimum Gasteiger partial charge on any atom is -0.373 e. The van der Waals surface area contributed by atoms with Gasteiger partial charge < -0.3 is 10.5 Å². The summed E-state index contributed by atoms with van der Waals surface area (Å²) in [5.41, 5.74) is 8.12. The van der Waals surface area contributed by atoms with Crippen molar-refractivity contribution >= 4 is 0 Å². The summed E-state index contributed by atoms with van der Waals surface area (Å²) in [6, 6.07) is 8.48. The third-order valence-electron chi connectivity index (χ3n) is 2.62. The fourth-order valence-corrected chi connectivity index (χ4v) is 1.42. The molecule has 2 nitrogen and oxygen atoms in total. The highest BCUT2D eigenvalue weighted by Gasteiger charge is 2.02. The molecule has 2 N–H and O–H groups in total. The molecule has 0 saturated heterocycles. The van der Waals surface area contributed by atoms with Crippen LogP contribution in [0.2, 0.25) is 0 Å². The molecule has 0 aromatic heterocycles. The second kappa shape index (κ2) is 7.20. The van der Waals surface area contributed by atoms with E-state index in [0.717, 1.165) is 0 Å². The van der Waals surface area contributed by atoms with Crippen LogP contribution in [0.1, 0.15) is 30.9 Å². The van der Waals surface area contributed by atoms with Gasteiger partial charge in [-0.05, 0) is 30.5 Å². The summed E-state index contributed by atoms with van der Waals surface area (Å²) in [5.74, 6) is 0.429. The van der Waals surface area contributed by atoms with Crippen molar-refractivity contribution in [1.82, 2.24) is 0 Å². The summed E-state index contributed by atoms with van der Waals surface area (Å²) >= 11 is 0. The number of hydrogen-bond acceptors (Lipinski definition) is 2. The highest BCUT2D eigenvalue weighted by Crippen LogP contribution is 2.14. The van der Waals surface area contributed by atoms with Gasteiger partial charge in [-0.1, -0.05) is 43.3 Å². The van der Waals surface area contributed by atoms with Crippen LogP contribution in [-0.2, 0) is 11.3 Å². The van der Waals surface area contributed by atoms with Crippen molar-refractivity contribution in [3.63, 3.8) is 0 Å². The fourth-order valence-electron chi connectivity index (χ4n) is 1.42. The highest BCUT2D eigenvalue weighted by atomic mass is 16.5. The van der Waals surface area contributed by atoms with E-state index in [0.29, 0.717) is 25.7 Å². The van der Waals surface area contributed by atoms with Crippen molar-refractivity contribution in [1.29, 1.82) is 0 Å². The Morgan fingerprint density at radius 1 is 1.31 bits per heavy atom. The molecular formula is C14H21NO. The number of benzene rings is 1. The number of allylic oxidation sites excluding steroid dienone is 1. The maximum Gasteiger partial charge on any atom is 0.0721 e. The Hall–Kier alpha value is -1.12. The molecule has 1 rings (SSSR count). The Morgan fingerprint density at radius 2 is 2.00 bits per heavy atom. The first-order chi connectivity index (χ1) is 7.77. The van der Waals surface area contributed by atoms with Gasteiger partial charge in [-0.3, -0.25) is 0 Å². The standard InChI is InChI=1S/C14H21NO/c1-3-4-9-16-11-13-5-7-14(8-6-13)12(2)10-15/h3-8,12H,9-11,15H2,1-2H3/b4-3+. The quantitative estimate of drug-likeness (QED) is 0.590. The molecule has 0 amide bonds. The van der Waals surface area contributed by atoms with Gasteiger partial charge in [-0.25, -0.2) is 0 Å². The smallest absolute Gasteiger partial charge is 0.0721 e. The second-order valence-corrected chi connectivity index (χ2v) is 3.96. The third kappa shape index (κ3) is 4.17. The van der Waals surface area contributed by atoms with Crippen LogP contribution in [0.4, 0.5) is 0 Å². The summed E-state index contributed by atoms with van der Waals surface area (Å²) in [4.78, 5) is 0. The molecule has 0 bridgehead atoms. The topological polar surface area (TPSA) is 35.2 Å². The Morgan fingerprint density at radius 3 is 2.56 bits per heavy atom. The molecule has 0 aliphatic heterocycles. The van der Waals surface area contributed by atoms with Gasteiger partial charge >= 0.3 is 0 Å². The zero-order chi connectivity index (χ0) is 11.8. The normalized spacial score (nSPS) is 13.2. The summed E-state index contributed by atoms with van der Waals surface area (Å²) in [5, 5.41) is 0. The lowest BCUT2D eigenvalue weighted by molar-refractivity contribution is 0.148. The van der Waals surface area contributed by atoms with E-state index >= 15 is 0 Å². The van der Waals surface area contributed by atoms with Gasteiger partial charge in [-0.2, -0.15) is 0 Å². The van der Waals surface area contributed by atoms with Gasteiger partial charge in [0.15, 0.2) is 0 Å². The molecule has 88 valence electrons. The van der Waals surface area contributed by atoms with Crippen molar-refractivity contribution in [3.05, 3.63) is 47.5 Å². The van der Waals surface area contributed by atoms with Crippen LogP contribution < -0.4 is 5.73 Å². The molecule has 2 heteroatoms. The maximum absolute atomic E-state index is 5.62. The van der Waals surface area contributed by atoms with Crippen molar-refractivity contribution in [3.8, 4) is 0 Å². The van der Waals surface area contributed by atoms with Gasteiger partial charge in [0, 0.05) is 0 Å². The Balaban J connectivity index is 2.45. The molecule has 1 unspecified atom stereocenters. The first-order valence-corrected chi connectivity index (χ1v) is 5.75. The van der Waals surface area contributed by atoms with E-state index in [-0.39, 0.29) is 0 Å². The predicted octanol–water partition coefficient (Wildman–Crippen LogP) is 2.84. The fraction of sp³-hybridized carbons (Fsp3) is 0.429.